The standard InChI is InChI=1S/C23H22Cl2N2O5S/c1-15(16-3-5-17(24)6-4-16)26-23(28)14-32-22-12-11-20(13-21(22)25)33(29,30)27-18-7-9-19(31-2)10-8-18/h3-13,15,27H,14H2,1-2H3,(H,26,28)/t15-/m0/s1. The van der Waals surface area contributed by atoms with Crippen LogP contribution >= 0.6 is 23.2 Å². The van der Waals surface area contributed by atoms with E-state index in [0.717, 1.165) is 5.56 Å². The molecule has 10 heteroatoms. The molecule has 0 saturated heterocycles. The van der Waals surface area contributed by atoms with Gasteiger partial charge in [-0.2, -0.15) is 0 Å². The summed E-state index contributed by atoms with van der Waals surface area (Å²) in [6.45, 7) is 1.55. The van der Waals surface area contributed by atoms with Crippen LogP contribution in [0.2, 0.25) is 10.0 Å². The van der Waals surface area contributed by atoms with Crippen LogP contribution < -0.4 is 19.5 Å². The number of sulfonamides is 1. The van der Waals surface area contributed by atoms with E-state index in [1.165, 1.54) is 25.3 Å². The predicted molar refractivity (Wildman–Crippen MR) is 129 cm³/mol. The Balaban J connectivity index is 1.60. The van der Waals surface area contributed by atoms with Crippen molar-refractivity contribution in [2.24, 2.45) is 0 Å². The summed E-state index contributed by atoms with van der Waals surface area (Å²) < 4.78 is 38.3. The molecule has 7 nitrogen and oxygen atoms in total. The number of carbonyl (C=O) groups is 1. The van der Waals surface area contributed by atoms with Gasteiger partial charge in [0.05, 0.1) is 23.1 Å². The molecule has 174 valence electrons. The average molecular weight is 509 g/mol. The third kappa shape index (κ3) is 6.77. The number of anilines is 1. The fourth-order valence-electron chi connectivity index (χ4n) is 2.90. The molecule has 1 amide bonds. The van der Waals surface area contributed by atoms with Crippen LogP contribution in [0.15, 0.2) is 71.6 Å². The van der Waals surface area contributed by atoms with Crippen LogP contribution in [0.3, 0.4) is 0 Å². The minimum absolute atomic E-state index is 0.0449. The molecule has 0 heterocycles. The van der Waals surface area contributed by atoms with Crippen LogP contribution in [0.4, 0.5) is 5.69 Å². The molecule has 0 aliphatic heterocycles. The number of methoxy groups -OCH3 is 1. The number of ether oxygens (including phenoxy) is 2. The number of halogens is 2. The third-order valence-corrected chi connectivity index (χ3v) is 6.59. The van der Waals surface area contributed by atoms with Gasteiger partial charge in [-0.05, 0) is 67.1 Å². The van der Waals surface area contributed by atoms with E-state index in [4.69, 9.17) is 32.7 Å². The van der Waals surface area contributed by atoms with Crippen molar-refractivity contribution in [3.8, 4) is 11.5 Å². The highest BCUT2D eigenvalue weighted by Gasteiger charge is 2.17. The van der Waals surface area contributed by atoms with Crippen LogP contribution in [-0.4, -0.2) is 28.0 Å². The van der Waals surface area contributed by atoms with E-state index in [1.807, 2.05) is 19.1 Å². The SMILES string of the molecule is COc1ccc(NS(=O)(=O)c2ccc(OCC(=O)N[C@@H](C)c3ccc(Cl)cc3)c(Cl)c2)cc1. The molecule has 1 atom stereocenters. The Hall–Kier alpha value is -2.94. The smallest absolute Gasteiger partial charge is 0.261 e. The Labute approximate surface area is 202 Å². The monoisotopic (exact) mass is 508 g/mol. The molecular formula is C23H22Cl2N2O5S. The van der Waals surface area contributed by atoms with E-state index in [0.29, 0.717) is 16.5 Å². The predicted octanol–water partition coefficient (Wildman–Crippen LogP) is 5.06. The van der Waals surface area contributed by atoms with Crippen LogP contribution in [0.25, 0.3) is 0 Å². The summed E-state index contributed by atoms with van der Waals surface area (Å²) in [4.78, 5) is 12.2. The first-order valence-corrected chi connectivity index (χ1v) is 12.1. The first kappa shape index (κ1) is 24.7. The minimum atomic E-state index is -3.87. The van der Waals surface area contributed by atoms with Gasteiger partial charge in [0.15, 0.2) is 6.61 Å². The molecular weight excluding hydrogens is 487 g/mol. The Morgan fingerprint density at radius 1 is 1.00 bits per heavy atom. The van der Waals surface area contributed by atoms with Crippen LogP contribution in [0, 0.1) is 0 Å². The van der Waals surface area contributed by atoms with Crippen LogP contribution in [0.5, 0.6) is 11.5 Å². The second kappa shape index (κ2) is 10.8. The molecule has 0 unspecified atom stereocenters. The number of carbonyl (C=O) groups excluding carboxylic acids is 1. The van der Waals surface area contributed by atoms with E-state index in [-0.39, 0.29) is 34.2 Å². The maximum atomic E-state index is 12.6. The molecule has 2 N–H and O–H groups in total. The Morgan fingerprint density at radius 2 is 1.67 bits per heavy atom. The van der Waals surface area contributed by atoms with Gasteiger partial charge in [-0.25, -0.2) is 8.42 Å². The first-order valence-electron chi connectivity index (χ1n) is 9.82. The zero-order chi connectivity index (χ0) is 24.0. The molecule has 0 fully saturated rings. The largest absolute Gasteiger partial charge is 0.497 e. The molecule has 0 saturated carbocycles. The highest BCUT2D eigenvalue weighted by atomic mass is 35.5. The summed E-state index contributed by atoms with van der Waals surface area (Å²) in [5, 5.41) is 3.48. The zero-order valence-corrected chi connectivity index (χ0v) is 20.2. The van der Waals surface area contributed by atoms with Crippen molar-refractivity contribution in [2.45, 2.75) is 17.9 Å². The molecule has 0 aliphatic carbocycles. The van der Waals surface area contributed by atoms with E-state index in [9.17, 15) is 13.2 Å². The fourth-order valence-corrected chi connectivity index (χ4v) is 4.41. The average Bonchev–Trinajstić information content (AvgIpc) is 2.79. The van der Waals surface area contributed by atoms with Crippen LogP contribution in [-0.2, 0) is 14.8 Å². The number of nitrogens with one attached hydrogen (secondary N) is 2. The van der Waals surface area contributed by atoms with E-state index in [2.05, 4.69) is 10.0 Å². The molecule has 0 spiro atoms. The molecule has 0 radical (unpaired) electrons. The Kier molecular flexibility index (Phi) is 8.07. The number of rotatable bonds is 9. The molecule has 0 aromatic heterocycles. The second-order valence-electron chi connectivity index (χ2n) is 7.06. The summed E-state index contributed by atoms with van der Waals surface area (Å²) in [6.07, 6.45) is 0. The topological polar surface area (TPSA) is 93.7 Å². The van der Waals surface area contributed by atoms with E-state index in [1.54, 1.807) is 36.4 Å². The summed E-state index contributed by atoms with van der Waals surface area (Å²) in [7, 11) is -2.35. The molecule has 0 aliphatic rings. The summed E-state index contributed by atoms with van der Waals surface area (Å²) in [5.41, 5.74) is 1.27. The van der Waals surface area contributed by atoms with Crippen molar-refractivity contribution in [1.82, 2.24) is 5.32 Å². The Bertz CT molecular complexity index is 1220. The lowest BCUT2D eigenvalue weighted by atomic mass is 10.1. The van der Waals surface area contributed by atoms with Gasteiger partial charge >= 0.3 is 0 Å². The molecule has 0 bridgehead atoms. The lowest BCUT2D eigenvalue weighted by Crippen LogP contribution is -2.31. The van der Waals surface area contributed by atoms with Crippen molar-refractivity contribution >= 4 is 44.8 Å². The highest BCUT2D eigenvalue weighted by molar-refractivity contribution is 7.92. The van der Waals surface area contributed by atoms with Gasteiger partial charge in [0, 0.05) is 10.7 Å². The van der Waals surface area contributed by atoms with E-state index >= 15 is 0 Å². The van der Waals surface area contributed by atoms with Crippen LogP contribution in [0.1, 0.15) is 18.5 Å². The lowest BCUT2D eigenvalue weighted by molar-refractivity contribution is -0.123. The zero-order valence-electron chi connectivity index (χ0n) is 17.8. The Morgan fingerprint density at radius 3 is 2.27 bits per heavy atom. The van der Waals surface area contributed by atoms with Gasteiger partial charge in [0.25, 0.3) is 15.9 Å². The maximum absolute atomic E-state index is 12.6. The quantitative estimate of drug-likeness (QED) is 0.421. The van der Waals surface area contributed by atoms with Gasteiger partial charge in [-0.1, -0.05) is 35.3 Å². The van der Waals surface area contributed by atoms with Gasteiger partial charge in [0.1, 0.15) is 11.5 Å². The number of hydrogen-bond acceptors (Lipinski definition) is 5. The molecule has 3 rings (SSSR count). The van der Waals surface area contributed by atoms with Crippen molar-refractivity contribution in [2.75, 3.05) is 18.4 Å². The highest BCUT2D eigenvalue weighted by Crippen LogP contribution is 2.28. The van der Waals surface area contributed by atoms with E-state index < -0.39 is 10.0 Å². The van der Waals surface area contributed by atoms with Crippen molar-refractivity contribution < 1.29 is 22.7 Å². The number of benzene rings is 3. The van der Waals surface area contributed by atoms with Gasteiger partial charge in [0.2, 0.25) is 0 Å². The first-order chi connectivity index (χ1) is 15.7. The second-order valence-corrected chi connectivity index (χ2v) is 9.58. The fraction of sp³-hybridized carbons (Fsp3) is 0.174. The molecule has 3 aromatic rings. The lowest BCUT2D eigenvalue weighted by Gasteiger charge is -2.15. The number of hydrogen-bond donors (Lipinski definition) is 2. The van der Waals surface area contributed by atoms with Crippen molar-refractivity contribution in [3.05, 3.63) is 82.3 Å². The molecule has 3 aromatic carbocycles. The normalized spacial score (nSPS) is 12.0. The third-order valence-electron chi connectivity index (χ3n) is 4.66. The number of amides is 1. The summed E-state index contributed by atoms with van der Waals surface area (Å²) >= 11 is 12.1. The molecule has 33 heavy (non-hydrogen) atoms. The summed E-state index contributed by atoms with van der Waals surface area (Å²) in [5.74, 6) is 0.440. The summed E-state index contributed by atoms with van der Waals surface area (Å²) in [6, 6.07) is 17.3. The minimum Gasteiger partial charge on any atom is -0.497 e. The van der Waals surface area contributed by atoms with Crippen molar-refractivity contribution in [1.29, 1.82) is 0 Å². The van der Waals surface area contributed by atoms with Gasteiger partial charge in [-0.3, -0.25) is 9.52 Å². The van der Waals surface area contributed by atoms with Crippen molar-refractivity contribution in [3.63, 3.8) is 0 Å². The van der Waals surface area contributed by atoms with Gasteiger partial charge in [-0.15, -0.1) is 0 Å². The van der Waals surface area contributed by atoms with Gasteiger partial charge < -0.3 is 14.8 Å². The maximum Gasteiger partial charge on any atom is 0.261 e.